The van der Waals surface area contributed by atoms with E-state index in [0.717, 1.165) is 16.7 Å². The topological polar surface area (TPSA) is 52.6 Å². The van der Waals surface area contributed by atoms with E-state index in [-0.39, 0.29) is 17.4 Å². The zero-order chi connectivity index (χ0) is 16.9. The summed E-state index contributed by atoms with van der Waals surface area (Å²) in [5.41, 5.74) is 2.65. The number of hydrogen-bond acceptors (Lipinski definition) is 4. The molecule has 0 saturated heterocycles. The van der Waals surface area contributed by atoms with E-state index in [1.165, 1.54) is 20.1 Å². The highest BCUT2D eigenvalue weighted by atomic mass is 16.5. The maximum Gasteiger partial charge on any atom is 0.387 e. The third-order valence-corrected chi connectivity index (χ3v) is 3.30. The molecular weight excluding hydrogens is 280 g/mol. The highest BCUT2D eigenvalue weighted by Crippen LogP contribution is 2.39. The Bertz CT molecular complexity index is 586. The first kappa shape index (κ1) is 17.8. The molecule has 1 aliphatic rings. The van der Waals surface area contributed by atoms with Gasteiger partial charge in [-0.2, -0.15) is 0 Å². The van der Waals surface area contributed by atoms with Crippen molar-refractivity contribution in [2.45, 2.75) is 34.6 Å². The SMILES string of the molecule is COC(=O)/C=C(/C)[CH+]/C=C1\C(C)=CC(OC(C)=O)=CC1(C)C. The first-order valence-corrected chi connectivity index (χ1v) is 7.07. The molecule has 0 fully saturated rings. The predicted molar refractivity (Wildman–Crippen MR) is 85.5 cm³/mol. The Morgan fingerprint density at radius 2 is 1.91 bits per heavy atom. The van der Waals surface area contributed by atoms with Crippen molar-refractivity contribution >= 4 is 11.9 Å². The Morgan fingerprint density at radius 1 is 1.27 bits per heavy atom. The molecule has 0 amide bonds. The monoisotopic (exact) mass is 303 g/mol. The first-order chi connectivity index (χ1) is 10.2. The molecule has 0 aromatic rings. The molecule has 0 saturated carbocycles. The average molecular weight is 303 g/mol. The second-order valence-electron chi connectivity index (χ2n) is 5.85. The van der Waals surface area contributed by atoms with E-state index >= 15 is 0 Å². The Morgan fingerprint density at radius 3 is 2.41 bits per heavy atom. The molecule has 118 valence electrons. The standard InChI is InChI=1S/C18H23O4/c1-12(9-17(20)21-6)7-8-16-13(2)10-15(22-14(3)19)11-18(16,4)5/h7-11H,1-6H3/q+1/b12-9-,16-8+. The van der Waals surface area contributed by atoms with Gasteiger partial charge in [0.1, 0.15) is 11.8 Å². The van der Waals surface area contributed by atoms with E-state index in [1.807, 2.05) is 52.3 Å². The van der Waals surface area contributed by atoms with Crippen molar-refractivity contribution in [3.8, 4) is 0 Å². The van der Waals surface area contributed by atoms with E-state index in [1.54, 1.807) is 0 Å². The molecule has 0 aromatic carbocycles. The van der Waals surface area contributed by atoms with Crippen molar-refractivity contribution < 1.29 is 19.1 Å². The number of ether oxygens (including phenoxy) is 2. The highest BCUT2D eigenvalue weighted by Gasteiger charge is 2.31. The van der Waals surface area contributed by atoms with Gasteiger partial charge in [0, 0.05) is 18.9 Å². The van der Waals surface area contributed by atoms with Gasteiger partial charge in [-0.15, -0.1) is 0 Å². The Labute approximate surface area is 132 Å². The summed E-state index contributed by atoms with van der Waals surface area (Å²) in [4.78, 5) is 22.3. The van der Waals surface area contributed by atoms with Crippen molar-refractivity contribution in [2.75, 3.05) is 7.11 Å². The van der Waals surface area contributed by atoms with Crippen LogP contribution in [-0.4, -0.2) is 19.0 Å². The summed E-state index contributed by atoms with van der Waals surface area (Å²) >= 11 is 0. The number of carbonyl (C=O) groups excluding carboxylic acids is 2. The molecule has 0 radical (unpaired) electrons. The van der Waals surface area contributed by atoms with E-state index < -0.39 is 0 Å². The van der Waals surface area contributed by atoms with Crippen molar-refractivity contribution in [2.24, 2.45) is 5.41 Å². The Hall–Kier alpha value is -2.23. The summed E-state index contributed by atoms with van der Waals surface area (Å²) in [5, 5.41) is 0. The van der Waals surface area contributed by atoms with Crippen molar-refractivity contribution in [1.82, 2.24) is 0 Å². The molecule has 22 heavy (non-hydrogen) atoms. The third-order valence-electron chi connectivity index (χ3n) is 3.30. The summed E-state index contributed by atoms with van der Waals surface area (Å²) in [5.74, 6) is -0.143. The zero-order valence-corrected chi connectivity index (χ0v) is 14.0. The molecule has 4 nitrogen and oxygen atoms in total. The fourth-order valence-corrected chi connectivity index (χ4v) is 2.35. The van der Waals surface area contributed by atoms with E-state index in [9.17, 15) is 9.59 Å². The van der Waals surface area contributed by atoms with Gasteiger partial charge < -0.3 is 9.47 Å². The number of esters is 2. The lowest BCUT2D eigenvalue weighted by Gasteiger charge is -2.25. The van der Waals surface area contributed by atoms with Gasteiger partial charge in [0.2, 0.25) is 0 Å². The van der Waals surface area contributed by atoms with Crippen LogP contribution >= 0.6 is 0 Å². The van der Waals surface area contributed by atoms with Crippen LogP contribution in [0.1, 0.15) is 34.6 Å². The lowest BCUT2D eigenvalue weighted by atomic mass is 9.76. The molecule has 0 aromatic heterocycles. The normalized spacial score (nSPS) is 19.2. The fraction of sp³-hybridized carbons (Fsp3) is 0.389. The van der Waals surface area contributed by atoms with Gasteiger partial charge in [0.15, 0.2) is 0 Å². The largest absolute Gasteiger partial charge is 0.456 e. The van der Waals surface area contributed by atoms with Gasteiger partial charge >= 0.3 is 11.9 Å². The van der Waals surface area contributed by atoms with Crippen LogP contribution in [0.15, 0.2) is 46.8 Å². The third kappa shape index (κ3) is 4.95. The van der Waals surface area contributed by atoms with Crippen molar-refractivity contribution in [3.05, 3.63) is 53.2 Å². The second kappa shape index (κ2) is 7.16. The number of methoxy groups -OCH3 is 1. The van der Waals surface area contributed by atoms with Crippen molar-refractivity contribution in [3.63, 3.8) is 0 Å². The molecule has 0 bridgehead atoms. The number of hydrogen-bond donors (Lipinski definition) is 0. The van der Waals surface area contributed by atoms with Crippen LogP contribution in [0, 0.1) is 11.8 Å². The van der Waals surface area contributed by atoms with E-state index in [4.69, 9.17) is 4.74 Å². The van der Waals surface area contributed by atoms with E-state index in [0.29, 0.717) is 5.76 Å². The minimum absolute atomic E-state index is 0.272. The molecule has 1 aliphatic carbocycles. The summed E-state index contributed by atoms with van der Waals surface area (Å²) in [6.45, 7) is 9.29. The summed E-state index contributed by atoms with van der Waals surface area (Å²) in [7, 11) is 1.35. The van der Waals surface area contributed by atoms with Gasteiger partial charge in [0.05, 0.1) is 29.7 Å². The smallest absolute Gasteiger partial charge is 0.387 e. The maximum absolute atomic E-state index is 11.2. The van der Waals surface area contributed by atoms with Crippen LogP contribution in [-0.2, 0) is 19.1 Å². The predicted octanol–water partition coefficient (Wildman–Crippen LogP) is 3.67. The number of carbonyl (C=O) groups is 2. The molecule has 0 spiro atoms. The lowest BCUT2D eigenvalue weighted by molar-refractivity contribution is -0.136. The Kier molecular flexibility index (Phi) is 5.80. The lowest BCUT2D eigenvalue weighted by Crippen LogP contribution is -2.18. The molecule has 0 aliphatic heterocycles. The molecular formula is C18H23O4+. The summed E-state index contributed by atoms with van der Waals surface area (Å²) in [6, 6.07) is 0. The molecule has 0 unspecified atom stereocenters. The van der Waals surface area contributed by atoms with Crippen LogP contribution in [0.2, 0.25) is 0 Å². The molecule has 0 atom stereocenters. The summed E-state index contributed by atoms with van der Waals surface area (Å²) < 4.78 is 9.77. The second-order valence-corrected chi connectivity index (χ2v) is 5.85. The molecule has 4 heteroatoms. The fourth-order valence-electron chi connectivity index (χ4n) is 2.35. The minimum Gasteiger partial charge on any atom is -0.456 e. The van der Waals surface area contributed by atoms with Crippen LogP contribution in [0.3, 0.4) is 0 Å². The number of allylic oxidation sites excluding steroid dienone is 6. The van der Waals surface area contributed by atoms with Crippen LogP contribution in [0.4, 0.5) is 0 Å². The van der Waals surface area contributed by atoms with E-state index in [2.05, 4.69) is 4.74 Å². The number of rotatable bonds is 4. The van der Waals surface area contributed by atoms with Gasteiger partial charge in [-0.25, -0.2) is 4.79 Å². The molecule has 0 N–H and O–H groups in total. The first-order valence-electron chi connectivity index (χ1n) is 7.07. The van der Waals surface area contributed by atoms with Gasteiger partial charge in [-0.3, -0.25) is 4.79 Å². The van der Waals surface area contributed by atoms with Gasteiger partial charge in [-0.1, -0.05) is 0 Å². The highest BCUT2D eigenvalue weighted by molar-refractivity contribution is 5.83. The molecule has 1 rings (SSSR count). The Balaban J connectivity index is 2.97. The minimum atomic E-state index is -0.376. The van der Waals surface area contributed by atoms with Crippen molar-refractivity contribution in [1.29, 1.82) is 0 Å². The maximum atomic E-state index is 11.2. The average Bonchev–Trinajstić information content (AvgIpc) is 2.35. The van der Waals surface area contributed by atoms with Gasteiger partial charge in [0.25, 0.3) is 0 Å². The van der Waals surface area contributed by atoms with Crippen LogP contribution in [0.5, 0.6) is 0 Å². The zero-order valence-electron chi connectivity index (χ0n) is 14.0. The van der Waals surface area contributed by atoms with Crippen LogP contribution < -0.4 is 0 Å². The quantitative estimate of drug-likeness (QED) is 0.452. The van der Waals surface area contributed by atoms with Crippen LogP contribution in [0.25, 0.3) is 0 Å². The summed E-state index contributed by atoms with van der Waals surface area (Å²) in [6.07, 6.45) is 9.04. The molecule has 0 heterocycles. The van der Waals surface area contributed by atoms with Gasteiger partial charge in [-0.05, 0) is 39.8 Å².